The van der Waals surface area contributed by atoms with E-state index in [1.54, 1.807) is 24.3 Å². The van der Waals surface area contributed by atoms with Crippen molar-refractivity contribution in [2.24, 2.45) is 0 Å². The van der Waals surface area contributed by atoms with Crippen molar-refractivity contribution in [3.8, 4) is 0 Å². The molecule has 2 aromatic rings. The molecule has 2 N–H and O–H groups in total. The Bertz CT molecular complexity index is 687. The Balaban J connectivity index is 2.54. The van der Waals surface area contributed by atoms with E-state index >= 15 is 0 Å². The molecule has 0 spiro atoms. The Morgan fingerprint density at radius 1 is 0.692 bits per heavy atom. The normalized spacial score (nSPS) is 14.2. The average Bonchev–Trinajstić information content (AvgIpc) is 2.59. The summed E-state index contributed by atoms with van der Waals surface area (Å²) in [6.45, 7) is 12.7. The molecular weight excluding hydrogens is 324 g/mol. The zero-order valence-electron chi connectivity index (χ0n) is 16.6. The highest BCUT2D eigenvalue weighted by Gasteiger charge is 2.39. The number of hydrogen-bond donors (Lipinski definition) is 2. The van der Waals surface area contributed by atoms with Gasteiger partial charge in [-0.25, -0.2) is 0 Å². The molecule has 0 aliphatic rings. The van der Waals surface area contributed by atoms with Crippen LogP contribution in [-0.4, -0.2) is 22.6 Å². The van der Waals surface area contributed by atoms with Gasteiger partial charge in [-0.15, -0.1) is 0 Å². The molecule has 3 nitrogen and oxygen atoms in total. The summed E-state index contributed by atoms with van der Waals surface area (Å²) in [7, 11) is 0. The maximum atomic E-state index is 11.3. The van der Waals surface area contributed by atoms with E-state index in [0.717, 1.165) is 11.1 Å². The molecule has 0 bridgehead atoms. The van der Waals surface area contributed by atoms with Gasteiger partial charge in [-0.2, -0.15) is 0 Å². The summed E-state index contributed by atoms with van der Waals surface area (Å²) in [4.78, 5) is 11.3. The molecule has 26 heavy (non-hydrogen) atoms. The third kappa shape index (κ3) is 3.89. The molecule has 0 fully saturated rings. The van der Waals surface area contributed by atoms with E-state index in [1.165, 1.54) is 0 Å². The molecule has 140 valence electrons. The molecule has 3 heteroatoms. The second-order valence-electron chi connectivity index (χ2n) is 9.00. The van der Waals surface area contributed by atoms with Gasteiger partial charge in [0.1, 0.15) is 11.7 Å². The molecule has 0 aliphatic carbocycles. The summed E-state index contributed by atoms with van der Waals surface area (Å²) in [5.74, 6) is 0. The van der Waals surface area contributed by atoms with Crippen LogP contribution in [0.15, 0.2) is 48.5 Å². The number of carbonyl (C=O) groups is 1. The van der Waals surface area contributed by atoms with Crippen LogP contribution in [0, 0.1) is 0 Å². The van der Waals surface area contributed by atoms with Crippen molar-refractivity contribution in [3.05, 3.63) is 70.8 Å². The zero-order chi connectivity index (χ0) is 19.8. The summed E-state index contributed by atoms with van der Waals surface area (Å²) >= 11 is 0. The van der Waals surface area contributed by atoms with Crippen LogP contribution in [-0.2, 0) is 21.2 Å². The van der Waals surface area contributed by atoms with Crippen LogP contribution in [0.2, 0.25) is 0 Å². The first kappa shape index (κ1) is 20.3. The van der Waals surface area contributed by atoms with Crippen molar-refractivity contribution in [1.82, 2.24) is 0 Å². The smallest absolute Gasteiger partial charge is 0.152 e. The summed E-state index contributed by atoms with van der Waals surface area (Å²) in [5.41, 5.74) is 1.40. The van der Waals surface area contributed by atoms with Crippen molar-refractivity contribution in [2.75, 3.05) is 0 Å². The van der Waals surface area contributed by atoms with E-state index in [-0.39, 0.29) is 10.8 Å². The average molecular weight is 354 g/mol. The number of aliphatic hydroxyl groups is 2. The first-order chi connectivity index (χ1) is 11.9. The van der Waals surface area contributed by atoms with E-state index < -0.39 is 11.7 Å². The van der Waals surface area contributed by atoms with Crippen molar-refractivity contribution in [1.29, 1.82) is 0 Å². The predicted octanol–water partition coefficient (Wildman–Crippen LogP) is 4.08. The van der Waals surface area contributed by atoms with Crippen LogP contribution < -0.4 is 0 Å². The highest BCUT2D eigenvalue weighted by atomic mass is 16.3. The predicted molar refractivity (Wildman–Crippen MR) is 105 cm³/mol. The SMILES string of the molecule is CC(C)(C)c1ccc(C(O)(c2ccc(C(C)(C)C)cc2)C(O)C=O)cc1. The number of benzene rings is 2. The van der Waals surface area contributed by atoms with E-state index in [4.69, 9.17) is 0 Å². The summed E-state index contributed by atoms with van der Waals surface area (Å²) in [5, 5.41) is 21.7. The molecule has 1 unspecified atom stereocenters. The first-order valence-electron chi connectivity index (χ1n) is 8.98. The zero-order valence-corrected chi connectivity index (χ0v) is 16.6. The molecule has 0 saturated heterocycles. The maximum Gasteiger partial charge on any atom is 0.152 e. The Hall–Kier alpha value is -1.97. The summed E-state index contributed by atoms with van der Waals surface area (Å²) in [6.07, 6.45) is -1.17. The third-order valence-electron chi connectivity index (χ3n) is 4.94. The van der Waals surface area contributed by atoms with Crippen molar-refractivity contribution in [3.63, 3.8) is 0 Å². The van der Waals surface area contributed by atoms with Gasteiger partial charge in [0.2, 0.25) is 0 Å². The van der Waals surface area contributed by atoms with E-state index in [1.807, 2.05) is 24.3 Å². The maximum absolute atomic E-state index is 11.3. The minimum Gasteiger partial charge on any atom is -0.382 e. The molecule has 0 aliphatic heterocycles. The van der Waals surface area contributed by atoms with Crippen LogP contribution in [0.3, 0.4) is 0 Å². The molecule has 2 aromatic carbocycles. The molecule has 0 heterocycles. The quantitative estimate of drug-likeness (QED) is 0.814. The van der Waals surface area contributed by atoms with Gasteiger partial charge >= 0.3 is 0 Å². The fourth-order valence-corrected chi connectivity index (χ4v) is 3.06. The topological polar surface area (TPSA) is 57.5 Å². The van der Waals surface area contributed by atoms with Gasteiger partial charge in [-0.3, -0.25) is 0 Å². The Morgan fingerprint density at radius 3 is 1.19 bits per heavy atom. The second-order valence-corrected chi connectivity index (χ2v) is 9.00. The molecule has 0 saturated carbocycles. The molecule has 0 aromatic heterocycles. The van der Waals surface area contributed by atoms with Gasteiger partial charge in [0, 0.05) is 0 Å². The van der Waals surface area contributed by atoms with Crippen LogP contribution in [0.1, 0.15) is 63.8 Å². The number of rotatable bonds is 4. The third-order valence-corrected chi connectivity index (χ3v) is 4.94. The highest BCUT2D eigenvalue weighted by molar-refractivity contribution is 5.62. The molecule has 0 amide bonds. The van der Waals surface area contributed by atoms with Gasteiger partial charge in [-0.05, 0) is 33.1 Å². The van der Waals surface area contributed by atoms with Gasteiger partial charge in [0.25, 0.3) is 0 Å². The van der Waals surface area contributed by atoms with Gasteiger partial charge in [0.05, 0.1) is 0 Å². The minimum absolute atomic E-state index is 0.0196. The number of hydrogen-bond acceptors (Lipinski definition) is 3. The molecule has 1 atom stereocenters. The van der Waals surface area contributed by atoms with Gasteiger partial charge < -0.3 is 15.0 Å². The monoisotopic (exact) mass is 354 g/mol. The Morgan fingerprint density at radius 2 is 0.962 bits per heavy atom. The first-order valence-corrected chi connectivity index (χ1v) is 8.98. The fraction of sp³-hybridized carbons (Fsp3) is 0.435. The van der Waals surface area contributed by atoms with Crippen molar-refractivity contribution < 1.29 is 15.0 Å². The number of carbonyl (C=O) groups excluding carboxylic acids is 1. The van der Waals surface area contributed by atoms with Crippen LogP contribution in [0.5, 0.6) is 0 Å². The Kier molecular flexibility index (Phi) is 5.46. The van der Waals surface area contributed by atoms with Crippen LogP contribution in [0.4, 0.5) is 0 Å². The summed E-state index contributed by atoms with van der Waals surface area (Å²) < 4.78 is 0. The molecule has 0 radical (unpaired) electrons. The standard InChI is InChI=1S/C23H30O3/c1-21(2,3)16-7-11-18(12-8-16)23(26,20(25)15-24)19-13-9-17(10-14-19)22(4,5)6/h7-15,20,25-26H,1-6H3. The van der Waals surface area contributed by atoms with Crippen LogP contribution in [0.25, 0.3) is 0 Å². The van der Waals surface area contributed by atoms with Crippen LogP contribution >= 0.6 is 0 Å². The van der Waals surface area contributed by atoms with E-state index in [0.29, 0.717) is 17.4 Å². The van der Waals surface area contributed by atoms with E-state index in [2.05, 4.69) is 41.5 Å². The lowest BCUT2D eigenvalue weighted by Gasteiger charge is -2.32. The Labute approximate surface area is 156 Å². The minimum atomic E-state index is -1.78. The lowest BCUT2D eigenvalue weighted by Crippen LogP contribution is -2.41. The molecular formula is C23H30O3. The van der Waals surface area contributed by atoms with Crippen molar-refractivity contribution >= 4 is 6.29 Å². The van der Waals surface area contributed by atoms with Crippen molar-refractivity contribution in [2.45, 2.75) is 64.1 Å². The largest absolute Gasteiger partial charge is 0.382 e. The van der Waals surface area contributed by atoms with Gasteiger partial charge in [-0.1, -0.05) is 90.1 Å². The highest BCUT2D eigenvalue weighted by Crippen LogP contribution is 2.35. The summed E-state index contributed by atoms with van der Waals surface area (Å²) in [6, 6.07) is 14.9. The fourth-order valence-electron chi connectivity index (χ4n) is 3.06. The lowest BCUT2D eigenvalue weighted by molar-refractivity contribution is -0.127. The number of aldehydes is 1. The molecule has 2 rings (SSSR count). The second kappa shape index (κ2) is 6.98. The van der Waals surface area contributed by atoms with E-state index in [9.17, 15) is 15.0 Å². The number of aliphatic hydroxyl groups excluding tert-OH is 1. The van der Waals surface area contributed by atoms with Gasteiger partial charge in [0.15, 0.2) is 6.29 Å². The lowest BCUT2D eigenvalue weighted by atomic mass is 9.78.